The van der Waals surface area contributed by atoms with Gasteiger partial charge in [0.05, 0.1) is 13.0 Å². The van der Waals surface area contributed by atoms with Gasteiger partial charge in [-0.3, -0.25) is 14.1 Å². The van der Waals surface area contributed by atoms with E-state index in [0.29, 0.717) is 6.42 Å². The Morgan fingerprint density at radius 2 is 1.21 bits per heavy atom. The number of esters is 1. The zero-order valence-corrected chi connectivity index (χ0v) is 21.1. The molecule has 1 atom stereocenters. The number of carbonyl (C=O) groups is 2. The van der Waals surface area contributed by atoms with Crippen LogP contribution in [0.1, 0.15) is 105 Å². The van der Waals surface area contributed by atoms with Crippen LogP contribution in [0.3, 0.4) is 0 Å². The molecule has 0 aromatic carbocycles. The second-order valence-electron chi connectivity index (χ2n) is 7.37. The summed E-state index contributed by atoms with van der Waals surface area (Å²) in [6.07, 6.45) is 15.7. The number of hydrogen-bond acceptors (Lipinski definition) is 5. The van der Waals surface area contributed by atoms with Crippen molar-refractivity contribution in [1.82, 2.24) is 0 Å². The summed E-state index contributed by atoms with van der Waals surface area (Å²) in [6.45, 7) is 2.26. The van der Waals surface area contributed by atoms with Gasteiger partial charge in [-0.05, 0) is 6.42 Å². The molecule has 0 heterocycles. The molecule has 29 heavy (non-hydrogen) atoms. The van der Waals surface area contributed by atoms with E-state index in [9.17, 15) is 18.0 Å². The third-order valence-electron chi connectivity index (χ3n) is 4.72. The van der Waals surface area contributed by atoms with Crippen molar-refractivity contribution in [1.29, 1.82) is 0 Å². The topological polar surface area (TPSA) is 118 Å². The molecule has 0 fully saturated rings. The van der Waals surface area contributed by atoms with Crippen molar-refractivity contribution in [2.24, 2.45) is 0 Å². The van der Waals surface area contributed by atoms with E-state index in [1.807, 2.05) is 0 Å². The smallest absolute Gasteiger partial charge is 1.00 e. The second kappa shape index (κ2) is 19.8. The van der Waals surface area contributed by atoms with Gasteiger partial charge in [-0.2, -0.15) is 8.42 Å². The van der Waals surface area contributed by atoms with Crippen LogP contribution in [0.25, 0.3) is 0 Å². The van der Waals surface area contributed by atoms with Gasteiger partial charge in [-0.25, -0.2) is 0 Å². The number of carboxylic acids is 1. The summed E-state index contributed by atoms with van der Waals surface area (Å²) in [6, 6.07) is 0. The third kappa shape index (κ3) is 19.6. The maximum atomic E-state index is 11.6. The zero-order chi connectivity index (χ0) is 21.3. The predicted molar refractivity (Wildman–Crippen MR) is 110 cm³/mol. The number of carboxylic acid groups (broad SMARTS) is 1. The van der Waals surface area contributed by atoms with Crippen molar-refractivity contribution >= 4 is 22.1 Å². The van der Waals surface area contributed by atoms with Crippen LogP contribution in [0, 0.1) is 0 Å². The Kier molecular flexibility index (Phi) is 21.2. The molecule has 0 amide bonds. The van der Waals surface area contributed by atoms with E-state index in [1.54, 1.807) is 0 Å². The van der Waals surface area contributed by atoms with Crippen molar-refractivity contribution in [2.75, 3.05) is 6.61 Å². The largest absolute Gasteiger partial charge is 1.00 e. The molecule has 0 radical (unpaired) electrons. The van der Waals surface area contributed by atoms with Crippen LogP contribution < -0.4 is 29.6 Å². The number of hydrogen-bond donors (Lipinski definition) is 2. The molecule has 0 rings (SSSR count). The second-order valence-corrected chi connectivity index (χ2v) is 8.96. The van der Waals surface area contributed by atoms with E-state index in [-0.39, 0.29) is 37.6 Å². The summed E-state index contributed by atoms with van der Waals surface area (Å²) >= 11 is 0. The van der Waals surface area contributed by atoms with Gasteiger partial charge in [0, 0.05) is 0 Å². The standard InChI is InChI=1S/C20H38O7S.Na.H/c1-2-3-4-5-6-7-8-9-10-11-12-13-14-15-16-27-20(23)18(17-19(21)22)28(24,25)26;;/h18H,2-17H2,1H3,(H,21,22)(H,24,25,26);;/q;+1;-1. The average molecular weight is 447 g/mol. The summed E-state index contributed by atoms with van der Waals surface area (Å²) < 4.78 is 35.8. The molecule has 1 unspecified atom stereocenters. The molecule has 0 aliphatic heterocycles. The first-order chi connectivity index (χ1) is 13.3. The van der Waals surface area contributed by atoms with Gasteiger partial charge in [0.25, 0.3) is 10.1 Å². The summed E-state index contributed by atoms with van der Waals surface area (Å²) in [7, 11) is -4.79. The average Bonchev–Trinajstić information content (AvgIpc) is 2.61. The first-order valence-corrected chi connectivity index (χ1v) is 12.1. The number of carbonyl (C=O) groups excluding carboxylic acids is 1. The van der Waals surface area contributed by atoms with E-state index < -0.39 is 33.7 Å². The minimum absolute atomic E-state index is 0. The number of aliphatic carboxylic acids is 1. The zero-order valence-electron chi connectivity index (χ0n) is 19.2. The molecule has 0 saturated carbocycles. The van der Waals surface area contributed by atoms with Crippen molar-refractivity contribution in [3.05, 3.63) is 0 Å². The van der Waals surface area contributed by atoms with Gasteiger partial charge in [-0.15, -0.1) is 0 Å². The first kappa shape index (κ1) is 31.0. The molecule has 9 heteroatoms. The van der Waals surface area contributed by atoms with Crippen LogP contribution in [0.4, 0.5) is 0 Å². The van der Waals surface area contributed by atoms with Gasteiger partial charge in [-0.1, -0.05) is 90.4 Å². The third-order valence-corrected chi connectivity index (χ3v) is 5.80. The minimum Gasteiger partial charge on any atom is -1.00 e. The Morgan fingerprint density at radius 3 is 1.55 bits per heavy atom. The fourth-order valence-electron chi connectivity index (χ4n) is 3.03. The Hall–Kier alpha value is -0.150. The normalized spacial score (nSPS) is 12.2. The molecule has 168 valence electrons. The van der Waals surface area contributed by atoms with Crippen molar-refractivity contribution in [3.63, 3.8) is 0 Å². The van der Waals surface area contributed by atoms with Gasteiger partial charge in [0.1, 0.15) is 0 Å². The number of ether oxygens (including phenoxy) is 1. The van der Waals surface area contributed by atoms with E-state index in [0.717, 1.165) is 19.3 Å². The van der Waals surface area contributed by atoms with Crippen LogP contribution in [-0.4, -0.2) is 41.9 Å². The maximum absolute atomic E-state index is 11.6. The van der Waals surface area contributed by atoms with Crippen LogP contribution in [0.5, 0.6) is 0 Å². The molecule has 7 nitrogen and oxygen atoms in total. The molecule has 0 bridgehead atoms. The molecule has 0 saturated heterocycles. The van der Waals surface area contributed by atoms with Gasteiger partial charge >= 0.3 is 41.5 Å². The fourth-order valence-corrected chi connectivity index (χ4v) is 3.70. The molecule has 0 aliphatic carbocycles. The monoisotopic (exact) mass is 446 g/mol. The molecule has 0 aromatic rings. The van der Waals surface area contributed by atoms with E-state index in [4.69, 9.17) is 14.4 Å². The Labute approximate surface area is 199 Å². The van der Waals surface area contributed by atoms with Gasteiger partial charge in [0.15, 0.2) is 5.25 Å². The summed E-state index contributed by atoms with van der Waals surface area (Å²) in [5.74, 6) is -2.70. The van der Waals surface area contributed by atoms with Gasteiger partial charge < -0.3 is 11.3 Å². The van der Waals surface area contributed by atoms with E-state index in [2.05, 4.69) is 6.92 Å². The first-order valence-electron chi connectivity index (χ1n) is 10.6. The summed E-state index contributed by atoms with van der Waals surface area (Å²) in [5, 5.41) is 6.56. The Balaban J connectivity index is -0.00000364. The number of unbranched alkanes of at least 4 members (excludes halogenated alkanes) is 13. The molecular formula is C20H39NaO7S. The van der Waals surface area contributed by atoms with Crippen molar-refractivity contribution in [3.8, 4) is 0 Å². The molecule has 0 spiro atoms. The van der Waals surface area contributed by atoms with E-state index >= 15 is 0 Å². The number of rotatable bonds is 19. The fraction of sp³-hybridized carbons (Fsp3) is 0.900. The molecule has 0 aromatic heterocycles. The van der Waals surface area contributed by atoms with Crippen molar-refractivity contribution in [2.45, 2.75) is 108 Å². The molecule has 0 aliphatic rings. The predicted octanol–water partition coefficient (Wildman–Crippen LogP) is 1.86. The van der Waals surface area contributed by atoms with E-state index in [1.165, 1.54) is 64.2 Å². The van der Waals surface area contributed by atoms with Crippen LogP contribution in [-0.2, 0) is 24.4 Å². The van der Waals surface area contributed by atoms with Crippen LogP contribution in [0.15, 0.2) is 0 Å². The minimum atomic E-state index is -4.79. The Morgan fingerprint density at radius 1 is 0.828 bits per heavy atom. The maximum Gasteiger partial charge on any atom is 1.00 e. The van der Waals surface area contributed by atoms with Crippen LogP contribution in [0.2, 0.25) is 0 Å². The quantitative estimate of drug-likeness (QED) is 0.135. The SMILES string of the molecule is CCCCCCCCCCCCCCCCOC(=O)C(CC(=O)O)S(=O)(=O)O.[H-].[Na+]. The summed E-state index contributed by atoms with van der Waals surface area (Å²) in [5.41, 5.74) is 0. The van der Waals surface area contributed by atoms with Crippen molar-refractivity contribution < 1.29 is 63.4 Å². The van der Waals surface area contributed by atoms with Crippen LogP contribution >= 0.6 is 0 Å². The molecular weight excluding hydrogens is 407 g/mol. The van der Waals surface area contributed by atoms with Gasteiger partial charge in [0.2, 0.25) is 0 Å². The summed E-state index contributed by atoms with van der Waals surface area (Å²) in [4.78, 5) is 22.2. The Bertz CT molecular complexity index is 529. The molecule has 2 N–H and O–H groups in total.